The average molecular weight is 433 g/mol. The second-order valence-corrected chi connectivity index (χ2v) is 10.2. The topological polar surface area (TPSA) is 66.5 Å². The van der Waals surface area contributed by atoms with Gasteiger partial charge in [0.2, 0.25) is 5.91 Å². The molecule has 0 atom stereocenters. The summed E-state index contributed by atoms with van der Waals surface area (Å²) in [5.74, 6) is -0.243. The van der Waals surface area contributed by atoms with Crippen LogP contribution in [-0.4, -0.2) is 31.7 Å². The molecule has 1 amide bonds. The number of benzene rings is 1. The minimum atomic E-state index is -3.46. The molecule has 26 heavy (non-hydrogen) atoms. The highest BCUT2D eigenvalue weighted by molar-refractivity contribution is 7.91. The SMILES string of the molecule is O=C(Cc1ccc(S(=O)(=O)N2CCCCC2)s1)Nc1ccc(Cl)c(Cl)c1. The summed E-state index contributed by atoms with van der Waals surface area (Å²) in [6, 6.07) is 8.11. The van der Waals surface area contributed by atoms with Crippen LogP contribution in [0.15, 0.2) is 34.5 Å². The molecule has 9 heteroatoms. The summed E-state index contributed by atoms with van der Waals surface area (Å²) in [4.78, 5) is 12.9. The monoisotopic (exact) mass is 432 g/mol. The lowest BCUT2D eigenvalue weighted by atomic mass is 10.2. The largest absolute Gasteiger partial charge is 0.326 e. The van der Waals surface area contributed by atoms with Crippen LogP contribution in [0.5, 0.6) is 0 Å². The molecule has 1 aromatic carbocycles. The lowest BCUT2D eigenvalue weighted by Gasteiger charge is -2.25. The molecule has 140 valence electrons. The van der Waals surface area contributed by atoms with Gasteiger partial charge in [-0.3, -0.25) is 4.79 Å². The molecule has 1 aliphatic heterocycles. The van der Waals surface area contributed by atoms with Gasteiger partial charge in [-0.25, -0.2) is 8.42 Å². The van der Waals surface area contributed by atoms with Crippen molar-refractivity contribution in [3.63, 3.8) is 0 Å². The molecule has 0 aliphatic carbocycles. The second-order valence-electron chi connectivity index (χ2n) is 6.04. The first-order valence-corrected chi connectivity index (χ1v) is 11.2. The Labute approximate surface area is 167 Å². The van der Waals surface area contributed by atoms with E-state index in [2.05, 4.69) is 5.32 Å². The zero-order valence-electron chi connectivity index (χ0n) is 13.9. The Morgan fingerprint density at radius 1 is 1.08 bits per heavy atom. The summed E-state index contributed by atoms with van der Waals surface area (Å²) in [6.45, 7) is 1.13. The molecule has 0 spiro atoms. The number of carbonyl (C=O) groups excluding carboxylic acids is 1. The zero-order chi connectivity index (χ0) is 18.7. The van der Waals surface area contributed by atoms with Gasteiger partial charge in [0, 0.05) is 23.7 Å². The predicted octanol–water partition coefficient (Wildman–Crippen LogP) is 4.41. The summed E-state index contributed by atoms with van der Waals surface area (Å²) < 4.78 is 27.1. The summed E-state index contributed by atoms with van der Waals surface area (Å²) in [5, 5.41) is 3.50. The maximum absolute atomic E-state index is 12.7. The Morgan fingerprint density at radius 2 is 1.81 bits per heavy atom. The molecular formula is C17H18Cl2N2O3S2. The number of rotatable bonds is 5. The van der Waals surface area contributed by atoms with E-state index in [4.69, 9.17) is 23.2 Å². The van der Waals surface area contributed by atoms with Crippen LogP contribution in [0.4, 0.5) is 5.69 Å². The van der Waals surface area contributed by atoms with Crippen LogP contribution in [0.1, 0.15) is 24.1 Å². The number of thiophene rings is 1. The van der Waals surface area contributed by atoms with Crippen molar-refractivity contribution in [1.82, 2.24) is 4.31 Å². The molecule has 0 unspecified atom stereocenters. The van der Waals surface area contributed by atoms with Crippen molar-refractivity contribution >= 4 is 56.2 Å². The highest BCUT2D eigenvalue weighted by Gasteiger charge is 2.27. The van der Waals surface area contributed by atoms with Crippen LogP contribution in [0.3, 0.4) is 0 Å². The number of nitrogens with zero attached hydrogens (tertiary/aromatic N) is 1. The van der Waals surface area contributed by atoms with Crippen molar-refractivity contribution in [1.29, 1.82) is 0 Å². The fourth-order valence-electron chi connectivity index (χ4n) is 2.76. The Kier molecular flexibility index (Phi) is 6.25. The van der Waals surface area contributed by atoms with Crippen molar-refractivity contribution in [2.45, 2.75) is 29.9 Å². The Hall–Kier alpha value is -1.12. The zero-order valence-corrected chi connectivity index (χ0v) is 17.0. The molecule has 1 aromatic heterocycles. The number of anilines is 1. The molecule has 0 radical (unpaired) electrons. The first-order valence-electron chi connectivity index (χ1n) is 8.20. The highest BCUT2D eigenvalue weighted by atomic mass is 35.5. The van der Waals surface area contributed by atoms with Crippen LogP contribution in [-0.2, 0) is 21.2 Å². The van der Waals surface area contributed by atoms with Gasteiger partial charge in [0.05, 0.1) is 16.5 Å². The van der Waals surface area contributed by atoms with Crippen molar-refractivity contribution in [3.05, 3.63) is 45.3 Å². The quantitative estimate of drug-likeness (QED) is 0.760. The number of nitrogens with one attached hydrogen (secondary N) is 1. The van der Waals surface area contributed by atoms with E-state index >= 15 is 0 Å². The van der Waals surface area contributed by atoms with Gasteiger partial charge in [-0.1, -0.05) is 29.6 Å². The number of hydrogen-bond acceptors (Lipinski definition) is 4. The smallest absolute Gasteiger partial charge is 0.252 e. The predicted molar refractivity (Wildman–Crippen MR) is 106 cm³/mol. The molecule has 5 nitrogen and oxygen atoms in total. The maximum atomic E-state index is 12.7. The van der Waals surface area contributed by atoms with E-state index < -0.39 is 10.0 Å². The third kappa shape index (κ3) is 4.58. The second kappa shape index (κ2) is 8.27. The standard InChI is InChI=1S/C17H18Cl2N2O3S2/c18-14-6-4-12(10-15(14)19)20-16(22)11-13-5-7-17(25-13)26(23,24)21-8-2-1-3-9-21/h4-7,10H,1-3,8-9,11H2,(H,20,22). The third-order valence-corrected chi connectivity index (χ3v) is 8.27. The summed E-state index contributed by atoms with van der Waals surface area (Å²) in [6.07, 6.45) is 2.95. The van der Waals surface area contributed by atoms with E-state index in [0.29, 0.717) is 33.7 Å². The lowest BCUT2D eigenvalue weighted by molar-refractivity contribution is -0.115. The van der Waals surface area contributed by atoms with Gasteiger partial charge in [0.15, 0.2) is 0 Å². The molecule has 1 N–H and O–H groups in total. The average Bonchev–Trinajstić information content (AvgIpc) is 3.08. The lowest BCUT2D eigenvalue weighted by Crippen LogP contribution is -2.35. The van der Waals surface area contributed by atoms with Crippen molar-refractivity contribution in [2.75, 3.05) is 18.4 Å². The van der Waals surface area contributed by atoms with Crippen LogP contribution >= 0.6 is 34.5 Å². The number of piperidine rings is 1. The molecule has 2 heterocycles. The van der Waals surface area contributed by atoms with Gasteiger partial charge in [-0.05, 0) is 43.2 Å². The molecule has 1 fully saturated rings. The summed E-state index contributed by atoms with van der Waals surface area (Å²) in [5.41, 5.74) is 0.544. The van der Waals surface area contributed by atoms with Gasteiger partial charge in [-0.2, -0.15) is 4.31 Å². The number of halogens is 2. The minimum absolute atomic E-state index is 0.0977. The van der Waals surface area contributed by atoms with Crippen LogP contribution < -0.4 is 5.32 Å². The van der Waals surface area contributed by atoms with Gasteiger partial charge in [0.1, 0.15) is 4.21 Å². The van der Waals surface area contributed by atoms with E-state index in [-0.39, 0.29) is 16.5 Å². The van der Waals surface area contributed by atoms with Crippen LogP contribution in [0.2, 0.25) is 10.0 Å². The van der Waals surface area contributed by atoms with E-state index in [1.165, 1.54) is 4.31 Å². The first kappa shape index (κ1) is 19.6. The molecule has 3 rings (SSSR count). The van der Waals surface area contributed by atoms with E-state index in [0.717, 1.165) is 30.6 Å². The fourth-order valence-corrected chi connectivity index (χ4v) is 6.09. The maximum Gasteiger partial charge on any atom is 0.252 e. The Bertz CT molecular complexity index is 906. The minimum Gasteiger partial charge on any atom is -0.326 e. The van der Waals surface area contributed by atoms with E-state index in [1.807, 2.05) is 0 Å². The van der Waals surface area contributed by atoms with Gasteiger partial charge >= 0.3 is 0 Å². The van der Waals surface area contributed by atoms with Gasteiger partial charge in [-0.15, -0.1) is 11.3 Å². The Morgan fingerprint density at radius 3 is 2.50 bits per heavy atom. The number of amides is 1. The summed E-state index contributed by atoms with van der Waals surface area (Å²) in [7, 11) is -3.46. The molecule has 1 aliphatic rings. The van der Waals surface area contributed by atoms with E-state index in [1.54, 1.807) is 30.3 Å². The van der Waals surface area contributed by atoms with Crippen LogP contribution in [0.25, 0.3) is 0 Å². The molecule has 2 aromatic rings. The molecule has 0 saturated carbocycles. The van der Waals surface area contributed by atoms with Gasteiger partial charge < -0.3 is 5.32 Å². The van der Waals surface area contributed by atoms with Crippen molar-refractivity contribution < 1.29 is 13.2 Å². The fraction of sp³-hybridized carbons (Fsp3) is 0.353. The third-order valence-electron chi connectivity index (χ3n) is 4.08. The van der Waals surface area contributed by atoms with Crippen molar-refractivity contribution in [3.8, 4) is 0 Å². The highest BCUT2D eigenvalue weighted by Crippen LogP contribution is 2.28. The van der Waals surface area contributed by atoms with Crippen LogP contribution in [0, 0.1) is 0 Å². The van der Waals surface area contributed by atoms with Gasteiger partial charge in [0.25, 0.3) is 10.0 Å². The van der Waals surface area contributed by atoms with Crippen molar-refractivity contribution in [2.24, 2.45) is 0 Å². The molecule has 0 bridgehead atoms. The first-order chi connectivity index (χ1) is 12.4. The van der Waals surface area contributed by atoms with E-state index in [9.17, 15) is 13.2 Å². The molecule has 1 saturated heterocycles. The Balaban J connectivity index is 1.65. The summed E-state index contributed by atoms with van der Waals surface area (Å²) >= 11 is 12.9. The number of sulfonamides is 1. The number of hydrogen-bond donors (Lipinski definition) is 1. The normalized spacial score (nSPS) is 15.8. The number of carbonyl (C=O) groups is 1. The molecular weight excluding hydrogens is 415 g/mol.